The molecule has 1 aromatic rings. The molecule has 2 N–H and O–H groups in total. The maximum absolute atomic E-state index is 13.4. The first kappa shape index (κ1) is 16.1. The van der Waals surface area contributed by atoms with Crippen molar-refractivity contribution in [3.05, 3.63) is 35.4 Å². The Morgan fingerprint density at radius 3 is 2.87 bits per heavy atom. The lowest BCUT2D eigenvalue weighted by atomic mass is 10.0. The van der Waals surface area contributed by atoms with E-state index >= 15 is 0 Å². The topological polar surface area (TPSA) is 61.8 Å². The average molecular weight is 326 g/mol. The molecule has 126 valence electrons. The van der Waals surface area contributed by atoms with Gasteiger partial charge < -0.3 is 20.1 Å². The molecule has 2 aliphatic rings. The van der Waals surface area contributed by atoms with E-state index in [0.29, 0.717) is 31.7 Å². The van der Waals surface area contributed by atoms with Crippen LogP contribution < -0.4 is 5.32 Å². The van der Waals surface area contributed by atoms with Gasteiger partial charge in [-0.25, -0.2) is 13.6 Å². The van der Waals surface area contributed by atoms with E-state index in [4.69, 9.17) is 9.84 Å². The Morgan fingerprint density at radius 2 is 2.17 bits per heavy atom. The smallest absolute Gasteiger partial charge is 0.317 e. The van der Waals surface area contributed by atoms with Gasteiger partial charge in [0.05, 0.1) is 6.04 Å². The Hall–Kier alpha value is -1.73. The van der Waals surface area contributed by atoms with Gasteiger partial charge in [0.2, 0.25) is 0 Å². The lowest BCUT2D eigenvalue weighted by Crippen LogP contribution is -2.45. The molecule has 0 unspecified atom stereocenters. The second-order valence-corrected chi connectivity index (χ2v) is 6.09. The maximum Gasteiger partial charge on any atom is 0.317 e. The quantitative estimate of drug-likeness (QED) is 0.891. The summed E-state index contributed by atoms with van der Waals surface area (Å²) in [7, 11) is 0. The highest BCUT2D eigenvalue weighted by Crippen LogP contribution is 2.30. The summed E-state index contributed by atoms with van der Waals surface area (Å²) in [6, 6.07) is 3.18. The Balaban J connectivity index is 1.65. The maximum atomic E-state index is 13.4. The van der Waals surface area contributed by atoms with Crippen LogP contribution in [-0.4, -0.2) is 48.4 Å². The largest absolute Gasteiger partial charge is 0.396 e. The van der Waals surface area contributed by atoms with Gasteiger partial charge in [-0.05, 0) is 30.5 Å². The fraction of sp³-hybridized carbons (Fsp3) is 0.562. The van der Waals surface area contributed by atoms with Crippen LogP contribution in [0.5, 0.6) is 0 Å². The third-order valence-electron chi connectivity index (χ3n) is 4.50. The molecule has 1 aromatic carbocycles. The van der Waals surface area contributed by atoms with Gasteiger partial charge in [-0.3, -0.25) is 0 Å². The van der Waals surface area contributed by atoms with E-state index in [2.05, 4.69) is 5.32 Å². The average Bonchev–Trinajstić information content (AvgIpc) is 3.19. The van der Waals surface area contributed by atoms with E-state index < -0.39 is 17.7 Å². The molecule has 3 rings (SSSR count). The minimum atomic E-state index is -0.923. The molecule has 0 spiro atoms. The third-order valence-corrected chi connectivity index (χ3v) is 4.50. The molecule has 0 bridgehead atoms. The number of ether oxygens (including phenoxy) is 1. The van der Waals surface area contributed by atoms with Crippen molar-refractivity contribution in [3.63, 3.8) is 0 Å². The fourth-order valence-electron chi connectivity index (χ4n) is 3.17. The molecule has 2 heterocycles. The third kappa shape index (κ3) is 3.45. The summed E-state index contributed by atoms with van der Waals surface area (Å²) in [5, 5.41) is 12.1. The molecule has 0 radical (unpaired) electrons. The monoisotopic (exact) mass is 326 g/mol. The van der Waals surface area contributed by atoms with Gasteiger partial charge in [-0.2, -0.15) is 0 Å². The van der Waals surface area contributed by atoms with Crippen LogP contribution in [0.15, 0.2) is 18.2 Å². The minimum absolute atomic E-state index is 0.0772. The summed E-state index contributed by atoms with van der Waals surface area (Å²) in [5.41, 5.74) is 0.515. The molecule has 2 saturated heterocycles. The molecule has 0 saturated carbocycles. The molecule has 23 heavy (non-hydrogen) atoms. The van der Waals surface area contributed by atoms with Crippen molar-refractivity contribution in [3.8, 4) is 0 Å². The first-order valence-corrected chi connectivity index (χ1v) is 7.81. The van der Waals surface area contributed by atoms with E-state index in [0.717, 1.165) is 18.6 Å². The first-order valence-electron chi connectivity index (χ1n) is 7.81. The number of aliphatic hydroxyl groups excluding tert-OH is 1. The van der Waals surface area contributed by atoms with E-state index in [1.165, 1.54) is 6.07 Å². The molecule has 2 fully saturated rings. The summed E-state index contributed by atoms with van der Waals surface area (Å²) in [6.45, 7) is 1.67. The number of carbonyl (C=O) groups excluding carboxylic acids is 1. The molecule has 7 heteroatoms. The van der Waals surface area contributed by atoms with Crippen LogP contribution in [0.25, 0.3) is 0 Å². The number of aliphatic hydroxyl groups is 1. The number of carbonyl (C=O) groups is 1. The van der Waals surface area contributed by atoms with Crippen molar-refractivity contribution in [2.24, 2.45) is 5.92 Å². The predicted octanol–water partition coefficient (Wildman–Crippen LogP) is 1.82. The Labute approximate surface area is 133 Å². The molecule has 0 aliphatic carbocycles. The molecular weight excluding hydrogens is 306 g/mol. The highest BCUT2D eigenvalue weighted by molar-refractivity contribution is 5.75. The number of urea groups is 1. The van der Waals surface area contributed by atoms with Crippen molar-refractivity contribution in [2.75, 3.05) is 26.3 Å². The zero-order chi connectivity index (χ0) is 16.4. The van der Waals surface area contributed by atoms with Crippen molar-refractivity contribution in [1.82, 2.24) is 10.2 Å². The molecule has 3 atom stereocenters. The van der Waals surface area contributed by atoms with Crippen LogP contribution in [0.1, 0.15) is 24.5 Å². The summed E-state index contributed by atoms with van der Waals surface area (Å²) >= 11 is 0. The second kappa shape index (κ2) is 6.80. The number of hydrogen-bond acceptors (Lipinski definition) is 3. The van der Waals surface area contributed by atoms with Crippen LogP contribution >= 0.6 is 0 Å². The normalized spacial score (nSPS) is 27.4. The standard InChI is InChI=1S/C16H20F2N2O3/c17-12-2-1-11(7-13(12)18)15-14(4-6-23-15)19-16(22)20-5-3-10(8-20)9-21/h1-2,7,10,14-15,21H,3-6,8-9H2,(H,19,22)/t10-,14-,15-/m1/s1. The number of hydrogen-bond donors (Lipinski definition) is 2. The highest BCUT2D eigenvalue weighted by Gasteiger charge is 2.34. The highest BCUT2D eigenvalue weighted by atomic mass is 19.2. The molecular formula is C16H20F2N2O3. The summed E-state index contributed by atoms with van der Waals surface area (Å²) in [6.07, 6.45) is 0.926. The van der Waals surface area contributed by atoms with E-state index in [1.807, 2.05) is 0 Å². The summed E-state index contributed by atoms with van der Waals surface area (Å²) < 4.78 is 32.0. The number of nitrogens with zero attached hydrogens (tertiary/aromatic N) is 1. The fourth-order valence-corrected chi connectivity index (χ4v) is 3.17. The van der Waals surface area contributed by atoms with Gasteiger partial charge in [0.25, 0.3) is 0 Å². The predicted molar refractivity (Wildman–Crippen MR) is 78.8 cm³/mol. The molecule has 0 aromatic heterocycles. The number of halogens is 2. The van der Waals surface area contributed by atoms with Gasteiger partial charge in [0.15, 0.2) is 11.6 Å². The number of benzene rings is 1. The van der Waals surface area contributed by atoms with Gasteiger partial charge in [0.1, 0.15) is 6.10 Å². The van der Waals surface area contributed by atoms with Crippen LogP contribution in [-0.2, 0) is 4.74 Å². The Bertz CT molecular complexity index is 584. The second-order valence-electron chi connectivity index (χ2n) is 6.09. The number of rotatable bonds is 3. The molecule has 5 nitrogen and oxygen atoms in total. The number of likely N-dealkylation sites (tertiary alicyclic amines) is 1. The van der Waals surface area contributed by atoms with Crippen LogP contribution in [0.2, 0.25) is 0 Å². The van der Waals surface area contributed by atoms with E-state index in [9.17, 15) is 13.6 Å². The van der Waals surface area contributed by atoms with Gasteiger partial charge in [0, 0.05) is 32.2 Å². The lowest BCUT2D eigenvalue weighted by Gasteiger charge is -2.24. The zero-order valence-electron chi connectivity index (χ0n) is 12.7. The van der Waals surface area contributed by atoms with Crippen LogP contribution in [0.3, 0.4) is 0 Å². The molecule has 2 aliphatic heterocycles. The van der Waals surface area contributed by atoms with Gasteiger partial charge >= 0.3 is 6.03 Å². The number of amides is 2. The SMILES string of the molecule is O=C(N[C@@H]1CCO[C@@H]1c1ccc(F)c(F)c1)N1CC[C@@H](CO)C1. The lowest BCUT2D eigenvalue weighted by molar-refractivity contribution is 0.0980. The van der Waals surface area contributed by atoms with Gasteiger partial charge in [-0.15, -0.1) is 0 Å². The zero-order valence-corrected chi connectivity index (χ0v) is 12.7. The first-order chi connectivity index (χ1) is 11.1. The van der Waals surface area contributed by atoms with Crippen molar-refractivity contribution < 1.29 is 23.4 Å². The van der Waals surface area contributed by atoms with Crippen molar-refractivity contribution in [1.29, 1.82) is 0 Å². The van der Waals surface area contributed by atoms with Crippen molar-refractivity contribution in [2.45, 2.75) is 25.0 Å². The van der Waals surface area contributed by atoms with Crippen LogP contribution in [0.4, 0.5) is 13.6 Å². The van der Waals surface area contributed by atoms with E-state index in [-0.39, 0.29) is 24.6 Å². The number of nitrogens with one attached hydrogen (secondary N) is 1. The van der Waals surface area contributed by atoms with E-state index in [1.54, 1.807) is 4.90 Å². The molecule has 2 amide bonds. The Morgan fingerprint density at radius 1 is 1.35 bits per heavy atom. The Kier molecular flexibility index (Phi) is 4.77. The summed E-state index contributed by atoms with van der Waals surface area (Å²) in [5.74, 6) is -1.70. The summed E-state index contributed by atoms with van der Waals surface area (Å²) in [4.78, 5) is 14.0. The van der Waals surface area contributed by atoms with Gasteiger partial charge in [-0.1, -0.05) is 6.07 Å². The minimum Gasteiger partial charge on any atom is -0.396 e. The van der Waals surface area contributed by atoms with Crippen LogP contribution in [0, 0.1) is 17.6 Å². The van der Waals surface area contributed by atoms with Crippen molar-refractivity contribution >= 4 is 6.03 Å².